The topological polar surface area (TPSA) is 17.8 Å². The SMILES string of the molecule is Cn1cc(Br)c2ccnc(Cl)c21. The highest BCUT2D eigenvalue weighted by molar-refractivity contribution is 9.10. The second-order valence-corrected chi connectivity index (χ2v) is 3.80. The van der Waals surface area contributed by atoms with Crippen LogP contribution in [-0.2, 0) is 7.05 Å². The molecule has 0 unspecified atom stereocenters. The van der Waals surface area contributed by atoms with Crippen LogP contribution in [0, 0.1) is 0 Å². The highest BCUT2D eigenvalue weighted by Crippen LogP contribution is 2.28. The number of hydrogen-bond acceptors (Lipinski definition) is 1. The largest absolute Gasteiger partial charge is 0.347 e. The molecule has 2 aromatic rings. The zero-order valence-electron chi connectivity index (χ0n) is 6.38. The van der Waals surface area contributed by atoms with E-state index in [-0.39, 0.29) is 0 Å². The van der Waals surface area contributed by atoms with E-state index in [9.17, 15) is 0 Å². The smallest absolute Gasteiger partial charge is 0.153 e. The van der Waals surface area contributed by atoms with Crippen LogP contribution in [0.15, 0.2) is 22.9 Å². The van der Waals surface area contributed by atoms with Gasteiger partial charge in [0, 0.05) is 29.3 Å². The summed E-state index contributed by atoms with van der Waals surface area (Å²) in [5.74, 6) is 0. The summed E-state index contributed by atoms with van der Waals surface area (Å²) in [6, 6.07) is 1.94. The molecule has 62 valence electrons. The molecule has 0 spiro atoms. The Kier molecular flexibility index (Phi) is 1.85. The van der Waals surface area contributed by atoms with Crippen LogP contribution < -0.4 is 0 Å². The Morgan fingerprint density at radius 3 is 3.00 bits per heavy atom. The van der Waals surface area contributed by atoms with Crippen molar-refractivity contribution in [2.24, 2.45) is 7.05 Å². The molecule has 2 heterocycles. The molecule has 0 bridgehead atoms. The van der Waals surface area contributed by atoms with E-state index < -0.39 is 0 Å². The Labute approximate surface area is 83.3 Å². The summed E-state index contributed by atoms with van der Waals surface area (Å²) in [5.41, 5.74) is 0.964. The van der Waals surface area contributed by atoms with Crippen molar-refractivity contribution in [2.75, 3.05) is 0 Å². The Morgan fingerprint density at radius 2 is 2.33 bits per heavy atom. The zero-order valence-corrected chi connectivity index (χ0v) is 8.72. The highest BCUT2D eigenvalue weighted by atomic mass is 79.9. The summed E-state index contributed by atoms with van der Waals surface area (Å²) < 4.78 is 3.00. The predicted molar refractivity (Wildman–Crippen MR) is 53.4 cm³/mol. The standard InChI is InChI=1S/C8H6BrClN2/c1-12-4-6(9)5-2-3-11-8(10)7(5)12/h2-4H,1H3. The number of hydrogen-bond donors (Lipinski definition) is 0. The van der Waals surface area contributed by atoms with Crippen LogP contribution in [0.1, 0.15) is 0 Å². The number of nitrogens with zero attached hydrogens (tertiary/aromatic N) is 2. The number of aryl methyl sites for hydroxylation is 1. The van der Waals surface area contributed by atoms with Crippen molar-refractivity contribution in [3.05, 3.63) is 28.1 Å². The van der Waals surface area contributed by atoms with E-state index in [1.807, 2.05) is 23.9 Å². The van der Waals surface area contributed by atoms with Gasteiger partial charge in [0.1, 0.15) is 0 Å². The molecule has 2 aromatic heterocycles. The molecular formula is C8H6BrClN2. The Hall–Kier alpha value is -0.540. The maximum absolute atomic E-state index is 5.92. The van der Waals surface area contributed by atoms with Gasteiger partial charge in [-0.05, 0) is 22.0 Å². The first-order valence-electron chi connectivity index (χ1n) is 3.45. The van der Waals surface area contributed by atoms with E-state index in [0.717, 1.165) is 15.4 Å². The van der Waals surface area contributed by atoms with Crippen LogP contribution in [0.2, 0.25) is 5.15 Å². The molecule has 2 rings (SSSR count). The van der Waals surface area contributed by atoms with Gasteiger partial charge in [-0.1, -0.05) is 11.6 Å². The van der Waals surface area contributed by atoms with Gasteiger partial charge in [-0.3, -0.25) is 0 Å². The fourth-order valence-electron chi connectivity index (χ4n) is 1.26. The van der Waals surface area contributed by atoms with Crippen LogP contribution in [0.5, 0.6) is 0 Å². The van der Waals surface area contributed by atoms with Crippen molar-refractivity contribution in [1.29, 1.82) is 0 Å². The quantitative estimate of drug-likeness (QED) is 0.653. The van der Waals surface area contributed by atoms with Crippen LogP contribution >= 0.6 is 27.5 Å². The van der Waals surface area contributed by atoms with E-state index in [2.05, 4.69) is 20.9 Å². The van der Waals surface area contributed by atoms with Crippen molar-refractivity contribution in [1.82, 2.24) is 9.55 Å². The normalized spacial score (nSPS) is 10.9. The van der Waals surface area contributed by atoms with Crippen LogP contribution in [0.25, 0.3) is 10.9 Å². The lowest BCUT2D eigenvalue weighted by Crippen LogP contribution is -1.85. The molecule has 12 heavy (non-hydrogen) atoms. The first-order valence-corrected chi connectivity index (χ1v) is 4.62. The van der Waals surface area contributed by atoms with Gasteiger partial charge in [-0.15, -0.1) is 0 Å². The van der Waals surface area contributed by atoms with E-state index in [1.54, 1.807) is 6.20 Å². The zero-order chi connectivity index (χ0) is 8.72. The lowest BCUT2D eigenvalue weighted by Gasteiger charge is -1.96. The minimum atomic E-state index is 0.542. The number of halogens is 2. The predicted octanol–water partition coefficient (Wildman–Crippen LogP) is 2.99. The van der Waals surface area contributed by atoms with E-state index in [0.29, 0.717) is 5.15 Å². The Morgan fingerprint density at radius 1 is 1.58 bits per heavy atom. The molecule has 0 saturated heterocycles. The molecule has 2 nitrogen and oxygen atoms in total. The van der Waals surface area contributed by atoms with Crippen molar-refractivity contribution < 1.29 is 0 Å². The number of fused-ring (bicyclic) bond motifs is 1. The summed E-state index contributed by atoms with van der Waals surface area (Å²) in [5, 5.41) is 1.64. The van der Waals surface area contributed by atoms with Gasteiger partial charge >= 0.3 is 0 Å². The summed E-state index contributed by atoms with van der Waals surface area (Å²) in [4.78, 5) is 4.01. The van der Waals surface area contributed by atoms with Gasteiger partial charge < -0.3 is 4.57 Å². The van der Waals surface area contributed by atoms with E-state index >= 15 is 0 Å². The lowest BCUT2D eigenvalue weighted by atomic mass is 10.3. The molecule has 4 heteroatoms. The molecule has 0 atom stereocenters. The first kappa shape index (κ1) is 8.08. The minimum absolute atomic E-state index is 0.542. The molecule has 0 aliphatic rings. The highest BCUT2D eigenvalue weighted by Gasteiger charge is 2.07. The van der Waals surface area contributed by atoms with Crippen molar-refractivity contribution in [3.8, 4) is 0 Å². The fraction of sp³-hybridized carbons (Fsp3) is 0.125. The molecule has 0 amide bonds. The van der Waals surface area contributed by atoms with Gasteiger partial charge in [0.15, 0.2) is 5.15 Å². The minimum Gasteiger partial charge on any atom is -0.347 e. The third-order valence-electron chi connectivity index (χ3n) is 1.80. The van der Waals surface area contributed by atoms with Gasteiger partial charge in [0.05, 0.1) is 5.52 Å². The first-order chi connectivity index (χ1) is 5.70. The van der Waals surface area contributed by atoms with Gasteiger partial charge in [0.25, 0.3) is 0 Å². The summed E-state index contributed by atoms with van der Waals surface area (Å²) in [7, 11) is 1.95. The molecular weight excluding hydrogens is 239 g/mol. The Bertz CT molecular complexity index is 436. The monoisotopic (exact) mass is 244 g/mol. The summed E-state index contributed by atoms with van der Waals surface area (Å²) in [6.45, 7) is 0. The molecule has 0 saturated carbocycles. The number of aromatic nitrogens is 2. The third kappa shape index (κ3) is 1.04. The molecule has 0 aliphatic carbocycles. The molecule has 0 radical (unpaired) electrons. The number of rotatable bonds is 0. The maximum atomic E-state index is 5.92. The molecule has 0 aliphatic heterocycles. The second kappa shape index (κ2) is 2.75. The van der Waals surface area contributed by atoms with Gasteiger partial charge in [0.2, 0.25) is 0 Å². The van der Waals surface area contributed by atoms with Crippen molar-refractivity contribution in [3.63, 3.8) is 0 Å². The van der Waals surface area contributed by atoms with Crippen LogP contribution in [0.3, 0.4) is 0 Å². The second-order valence-electron chi connectivity index (χ2n) is 2.59. The molecule has 0 N–H and O–H groups in total. The summed E-state index contributed by atoms with van der Waals surface area (Å²) >= 11 is 9.37. The lowest BCUT2D eigenvalue weighted by molar-refractivity contribution is 0.963. The van der Waals surface area contributed by atoms with Gasteiger partial charge in [-0.25, -0.2) is 4.98 Å². The van der Waals surface area contributed by atoms with Gasteiger partial charge in [-0.2, -0.15) is 0 Å². The van der Waals surface area contributed by atoms with E-state index in [4.69, 9.17) is 11.6 Å². The van der Waals surface area contributed by atoms with E-state index in [1.165, 1.54) is 0 Å². The summed E-state index contributed by atoms with van der Waals surface area (Å²) in [6.07, 6.45) is 3.67. The third-order valence-corrected chi connectivity index (χ3v) is 2.71. The molecule has 0 aromatic carbocycles. The maximum Gasteiger partial charge on any atom is 0.153 e. The average Bonchev–Trinajstić information content (AvgIpc) is 2.29. The molecule has 0 fully saturated rings. The van der Waals surface area contributed by atoms with Crippen LogP contribution in [-0.4, -0.2) is 9.55 Å². The number of pyridine rings is 1. The average molecular weight is 246 g/mol. The Balaban J connectivity index is 2.99. The fourth-order valence-corrected chi connectivity index (χ4v) is 2.18. The van der Waals surface area contributed by atoms with Crippen LogP contribution in [0.4, 0.5) is 0 Å². The van der Waals surface area contributed by atoms with Crippen molar-refractivity contribution in [2.45, 2.75) is 0 Å². The van der Waals surface area contributed by atoms with Crippen molar-refractivity contribution >= 4 is 38.4 Å².